The molecule has 0 aliphatic carbocycles. The zero-order chi connectivity index (χ0) is 34.7. The fraction of sp³-hybridized carbons (Fsp3) is 0.775. The average molecular weight is 675 g/mol. The van der Waals surface area contributed by atoms with E-state index >= 15 is 0 Å². The minimum Gasteiger partial charge on any atom is -0.478 e. The lowest BCUT2D eigenvalue weighted by atomic mass is 10.1. The SMILES string of the molecule is CCCCCCCCCCCCCCOC(=O)C1OC(c2ccc(C(=O)O)cc2)OC1C(=O)OCCCCCCCCCCCCCC. The second-order valence-electron chi connectivity index (χ2n) is 13.5. The minimum absolute atomic E-state index is 0.119. The van der Waals surface area contributed by atoms with Gasteiger partial charge in [0.1, 0.15) is 0 Å². The maximum atomic E-state index is 13.1. The van der Waals surface area contributed by atoms with Crippen LogP contribution in [0.3, 0.4) is 0 Å². The van der Waals surface area contributed by atoms with Gasteiger partial charge in [0.25, 0.3) is 0 Å². The topological polar surface area (TPSA) is 108 Å². The van der Waals surface area contributed by atoms with Gasteiger partial charge < -0.3 is 24.1 Å². The number of carbonyl (C=O) groups excluding carboxylic acids is 2. The van der Waals surface area contributed by atoms with Gasteiger partial charge in [0.2, 0.25) is 0 Å². The first-order valence-corrected chi connectivity index (χ1v) is 19.4. The number of carboxylic acids is 1. The molecule has 2 atom stereocenters. The number of ether oxygens (including phenoxy) is 4. The first kappa shape index (κ1) is 41.7. The number of benzene rings is 1. The number of unbranched alkanes of at least 4 members (excludes halogenated alkanes) is 22. The highest BCUT2D eigenvalue weighted by Gasteiger charge is 2.47. The Balaban J connectivity index is 1.70. The molecule has 48 heavy (non-hydrogen) atoms. The molecule has 0 radical (unpaired) electrons. The zero-order valence-corrected chi connectivity index (χ0v) is 30.2. The summed E-state index contributed by atoms with van der Waals surface area (Å²) in [7, 11) is 0. The lowest BCUT2D eigenvalue weighted by Gasteiger charge is -2.15. The van der Waals surface area contributed by atoms with Crippen LogP contribution >= 0.6 is 0 Å². The van der Waals surface area contributed by atoms with E-state index in [0.717, 1.165) is 38.5 Å². The molecule has 1 heterocycles. The summed E-state index contributed by atoms with van der Waals surface area (Å²) in [6.07, 6.45) is 25.6. The average Bonchev–Trinajstić information content (AvgIpc) is 3.55. The predicted octanol–water partition coefficient (Wildman–Crippen LogP) is 10.7. The smallest absolute Gasteiger partial charge is 0.338 e. The number of hydrogen-bond donors (Lipinski definition) is 1. The number of carbonyl (C=O) groups is 3. The van der Waals surface area contributed by atoms with Crippen molar-refractivity contribution in [1.29, 1.82) is 0 Å². The standard InChI is InChI=1S/C40H66O8/c1-3-5-7-9-11-13-15-17-19-21-23-25-31-45-38(43)35-36(48-40(47-35)34-29-27-33(28-30-34)37(41)42)39(44)46-32-26-24-22-20-18-16-14-12-10-8-6-4-2/h27-30,35-36,40H,3-26,31-32H2,1-2H3,(H,41,42). The van der Waals surface area contributed by atoms with Crippen molar-refractivity contribution in [3.8, 4) is 0 Å². The third kappa shape index (κ3) is 18.4. The monoisotopic (exact) mass is 674 g/mol. The minimum atomic E-state index is -1.25. The van der Waals surface area contributed by atoms with Crippen LogP contribution in [0.15, 0.2) is 24.3 Å². The highest BCUT2D eigenvalue weighted by molar-refractivity contribution is 5.87. The largest absolute Gasteiger partial charge is 0.478 e. The third-order valence-electron chi connectivity index (χ3n) is 9.19. The maximum absolute atomic E-state index is 13.1. The molecule has 1 aromatic carbocycles. The van der Waals surface area contributed by atoms with Gasteiger partial charge in [-0.1, -0.05) is 167 Å². The van der Waals surface area contributed by atoms with Crippen LogP contribution in [0.4, 0.5) is 0 Å². The summed E-state index contributed by atoms with van der Waals surface area (Å²) in [6.45, 7) is 5.01. The van der Waals surface area contributed by atoms with Gasteiger partial charge in [-0.3, -0.25) is 0 Å². The molecule has 1 aliphatic heterocycles. The van der Waals surface area contributed by atoms with Crippen LogP contribution in [0.5, 0.6) is 0 Å². The normalized spacial score (nSPS) is 17.4. The van der Waals surface area contributed by atoms with Crippen molar-refractivity contribution in [2.75, 3.05) is 13.2 Å². The second kappa shape index (κ2) is 27.4. The Labute approximate surface area is 291 Å². The van der Waals surface area contributed by atoms with Crippen molar-refractivity contribution < 1.29 is 38.4 Å². The lowest BCUT2D eigenvalue weighted by molar-refractivity contribution is -0.163. The quantitative estimate of drug-likeness (QED) is 0.0634. The molecule has 1 N–H and O–H groups in total. The molecule has 2 unspecified atom stereocenters. The maximum Gasteiger partial charge on any atom is 0.338 e. The molecule has 274 valence electrons. The van der Waals surface area contributed by atoms with Gasteiger partial charge in [0.15, 0.2) is 18.5 Å². The highest BCUT2D eigenvalue weighted by atomic mass is 16.8. The summed E-state index contributed by atoms with van der Waals surface area (Å²) >= 11 is 0. The molecule has 0 spiro atoms. The van der Waals surface area contributed by atoms with Crippen LogP contribution in [0.1, 0.15) is 190 Å². The van der Waals surface area contributed by atoms with Crippen LogP contribution in [-0.2, 0) is 28.5 Å². The van der Waals surface area contributed by atoms with Gasteiger partial charge in [0, 0.05) is 5.56 Å². The summed E-state index contributed by atoms with van der Waals surface area (Å²) in [6, 6.07) is 5.99. The van der Waals surface area contributed by atoms with Crippen LogP contribution in [-0.4, -0.2) is 48.4 Å². The number of esters is 2. The molecule has 1 saturated heterocycles. The Kier molecular flexibility index (Phi) is 23.8. The van der Waals surface area contributed by atoms with Crippen molar-refractivity contribution in [3.63, 3.8) is 0 Å². The van der Waals surface area contributed by atoms with Crippen molar-refractivity contribution in [3.05, 3.63) is 35.4 Å². The zero-order valence-electron chi connectivity index (χ0n) is 30.2. The molecule has 1 fully saturated rings. The molecule has 1 aromatic rings. The van der Waals surface area contributed by atoms with E-state index in [1.54, 1.807) is 12.1 Å². The van der Waals surface area contributed by atoms with Crippen molar-refractivity contribution in [1.82, 2.24) is 0 Å². The summed E-state index contributed by atoms with van der Waals surface area (Å²) in [4.78, 5) is 37.4. The molecule has 0 saturated carbocycles. The van der Waals surface area contributed by atoms with Crippen LogP contribution in [0.2, 0.25) is 0 Å². The molecular formula is C40H66O8. The lowest BCUT2D eigenvalue weighted by Crippen LogP contribution is -2.39. The molecule has 1 aliphatic rings. The molecule has 0 amide bonds. The first-order valence-electron chi connectivity index (χ1n) is 19.4. The van der Waals surface area contributed by atoms with E-state index < -0.39 is 36.4 Å². The number of rotatable bonds is 30. The van der Waals surface area contributed by atoms with E-state index in [4.69, 9.17) is 18.9 Å². The molecule has 0 aromatic heterocycles. The summed E-state index contributed by atoms with van der Waals surface area (Å²) in [5.74, 6) is -2.33. The first-order chi connectivity index (χ1) is 23.5. The Morgan fingerprint density at radius 3 is 1.15 bits per heavy atom. The number of carboxylic acid groups (broad SMARTS) is 1. The van der Waals surface area contributed by atoms with Crippen molar-refractivity contribution in [2.45, 2.75) is 186 Å². The highest BCUT2D eigenvalue weighted by Crippen LogP contribution is 2.33. The van der Waals surface area contributed by atoms with Crippen molar-refractivity contribution >= 4 is 17.9 Å². The van der Waals surface area contributed by atoms with Gasteiger partial charge in [-0.15, -0.1) is 0 Å². The van der Waals surface area contributed by atoms with E-state index in [-0.39, 0.29) is 18.8 Å². The Hall–Kier alpha value is -2.45. The van der Waals surface area contributed by atoms with Gasteiger partial charge in [-0.05, 0) is 25.0 Å². The molecule has 2 rings (SSSR count). The molecular weight excluding hydrogens is 608 g/mol. The molecule has 8 heteroatoms. The predicted molar refractivity (Wildman–Crippen MR) is 190 cm³/mol. The van der Waals surface area contributed by atoms with Gasteiger partial charge in [-0.25, -0.2) is 14.4 Å². The Bertz CT molecular complexity index is 928. The molecule has 8 nitrogen and oxygen atoms in total. The van der Waals surface area contributed by atoms with Gasteiger partial charge in [-0.2, -0.15) is 0 Å². The van der Waals surface area contributed by atoms with E-state index in [9.17, 15) is 19.5 Å². The summed E-state index contributed by atoms with van der Waals surface area (Å²) in [5.41, 5.74) is 0.628. The van der Waals surface area contributed by atoms with Crippen LogP contribution in [0.25, 0.3) is 0 Å². The molecule has 0 bridgehead atoms. The van der Waals surface area contributed by atoms with E-state index in [0.29, 0.717) is 5.56 Å². The fourth-order valence-electron chi connectivity index (χ4n) is 6.14. The summed E-state index contributed by atoms with van der Waals surface area (Å²) < 4.78 is 22.8. The Morgan fingerprint density at radius 1 is 0.521 bits per heavy atom. The van der Waals surface area contributed by atoms with E-state index in [1.165, 1.54) is 128 Å². The van der Waals surface area contributed by atoms with Crippen LogP contribution in [0, 0.1) is 0 Å². The van der Waals surface area contributed by atoms with E-state index in [2.05, 4.69) is 13.8 Å². The van der Waals surface area contributed by atoms with E-state index in [1.807, 2.05) is 0 Å². The number of aromatic carboxylic acids is 1. The third-order valence-corrected chi connectivity index (χ3v) is 9.19. The summed E-state index contributed by atoms with van der Waals surface area (Å²) in [5, 5.41) is 9.22. The Morgan fingerprint density at radius 2 is 0.833 bits per heavy atom. The van der Waals surface area contributed by atoms with Gasteiger partial charge >= 0.3 is 17.9 Å². The fourth-order valence-corrected chi connectivity index (χ4v) is 6.14. The number of hydrogen-bond acceptors (Lipinski definition) is 7. The van der Waals surface area contributed by atoms with Crippen LogP contribution < -0.4 is 0 Å². The van der Waals surface area contributed by atoms with Gasteiger partial charge in [0.05, 0.1) is 18.8 Å². The van der Waals surface area contributed by atoms with Crippen molar-refractivity contribution in [2.24, 2.45) is 0 Å². The second-order valence-corrected chi connectivity index (χ2v) is 13.5.